The van der Waals surface area contributed by atoms with E-state index in [4.69, 9.17) is 0 Å². The summed E-state index contributed by atoms with van der Waals surface area (Å²) in [5, 5.41) is 9.64. The van der Waals surface area contributed by atoms with Crippen molar-refractivity contribution in [1.29, 1.82) is 0 Å². The van der Waals surface area contributed by atoms with Gasteiger partial charge in [-0.05, 0) is 41.7 Å². The van der Waals surface area contributed by atoms with Crippen molar-refractivity contribution < 1.29 is 14.7 Å². The maximum atomic E-state index is 12.6. The molecule has 0 radical (unpaired) electrons. The monoisotopic (exact) mass is 350 g/mol. The Morgan fingerprint density at radius 3 is 2.58 bits per heavy atom. The van der Waals surface area contributed by atoms with Crippen LogP contribution in [0.25, 0.3) is 11.1 Å². The third-order valence-electron chi connectivity index (χ3n) is 5.41. The maximum absolute atomic E-state index is 12.6. The lowest BCUT2D eigenvalue weighted by molar-refractivity contribution is 0.0976. The van der Waals surface area contributed by atoms with Gasteiger partial charge >= 0.3 is 0 Å². The van der Waals surface area contributed by atoms with Crippen LogP contribution >= 0.6 is 0 Å². The molecule has 3 heteroatoms. The number of Topliss-reactive ketones (excluding diaryl/α,β-unsaturated/α-hetero) is 1. The van der Waals surface area contributed by atoms with E-state index >= 15 is 0 Å². The molecule has 1 fully saturated rings. The third-order valence-corrected chi connectivity index (χ3v) is 5.41. The number of aldehydes is 1. The van der Waals surface area contributed by atoms with Gasteiger partial charge in [-0.3, -0.25) is 9.59 Å². The standard InChI is InChI=1S/C23H26O3/c24-16-21-15-19(12-13-23(21)26)18-9-5-10-20(14-18)22(25)11-4-8-17-6-2-1-3-7-17/h5,9-10,12-17,26H,1-4,6-8,11H2. The van der Waals surface area contributed by atoms with Crippen LogP contribution in [0.3, 0.4) is 0 Å². The molecular weight excluding hydrogens is 324 g/mol. The Morgan fingerprint density at radius 1 is 1.04 bits per heavy atom. The second kappa shape index (κ2) is 8.79. The molecule has 1 aliphatic rings. The molecule has 26 heavy (non-hydrogen) atoms. The van der Waals surface area contributed by atoms with Gasteiger partial charge in [-0.15, -0.1) is 0 Å². The van der Waals surface area contributed by atoms with Gasteiger partial charge in [0.25, 0.3) is 0 Å². The highest BCUT2D eigenvalue weighted by atomic mass is 16.3. The first-order valence-electron chi connectivity index (χ1n) is 9.59. The number of rotatable bonds is 7. The average molecular weight is 350 g/mol. The first kappa shape index (κ1) is 18.4. The minimum atomic E-state index is -0.0290. The summed E-state index contributed by atoms with van der Waals surface area (Å²) < 4.78 is 0. The first-order valence-corrected chi connectivity index (χ1v) is 9.59. The summed E-state index contributed by atoms with van der Waals surface area (Å²) in [6.45, 7) is 0. The number of ketones is 1. The Balaban J connectivity index is 1.64. The zero-order valence-corrected chi connectivity index (χ0v) is 15.1. The van der Waals surface area contributed by atoms with Gasteiger partial charge in [-0.2, -0.15) is 0 Å². The molecule has 0 spiro atoms. The first-order chi connectivity index (χ1) is 12.7. The molecule has 136 valence electrons. The SMILES string of the molecule is O=Cc1cc(-c2cccc(C(=O)CCCC3CCCCC3)c2)ccc1O. The molecule has 0 amide bonds. The van der Waals surface area contributed by atoms with Crippen LogP contribution in [-0.4, -0.2) is 17.2 Å². The zero-order chi connectivity index (χ0) is 18.4. The highest BCUT2D eigenvalue weighted by molar-refractivity contribution is 5.97. The lowest BCUT2D eigenvalue weighted by atomic mass is 9.85. The second-order valence-electron chi connectivity index (χ2n) is 7.29. The van der Waals surface area contributed by atoms with Crippen molar-refractivity contribution >= 4 is 12.1 Å². The Hall–Kier alpha value is -2.42. The van der Waals surface area contributed by atoms with Crippen LogP contribution in [0.15, 0.2) is 42.5 Å². The van der Waals surface area contributed by atoms with Gasteiger partial charge < -0.3 is 5.11 Å². The number of carbonyl (C=O) groups is 2. The number of aromatic hydroxyl groups is 1. The predicted octanol–water partition coefficient (Wildman–Crippen LogP) is 5.81. The number of hydrogen-bond donors (Lipinski definition) is 1. The van der Waals surface area contributed by atoms with Crippen molar-refractivity contribution in [2.45, 2.75) is 51.4 Å². The van der Waals surface area contributed by atoms with Crippen LogP contribution in [0.4, 0.5) is 0 Å². The van der Waals surface area contributed by atoms with Gasteiger partial charge in [-0.25, -0.2) is 0 Å². The van der Waals surface area contributed by atoms with E-state index in [0.29, 0.717) is 18.3 Å². The minimum Gasteiger partial charge on any atom is -0.507 e. The molecule has 1 N–H and O–H groups in total. The summed E-state index contributed by atoms with van der Waals surface area (Å²) in [5.74, 6) is 0.956. The molecule has 0 atom stereocenters. The normalized spacial score (nSPS) is 14.9. The van der Waals surface area contributed by atoms with E-state index in [2.05, 4.69) is 0 Å². The summed E-state index contributed by atoms with van der Waals surface area (Å²) in [6, 6.07) is 12.4. The Labute approximate surface area is 155 Å². The molecule has 1 saturated carbocycles. The number of phenolic OH excluding ortho intramolecular Hbond substituents is 1. The smallest absolute Gasteiger partial charge is 0.162 e. The zero-order valence-electron chi connectivity index (χ0n) is 15.1. The Kier molecular flexibility index (Phi) is 6.21. The lowest BCUT2D eigenvalue weighted by Crippen LogP contribution is -2.07. The largest absolute Gasteiger partial charge is 0.507 e. The number of hydrogen-bond acceptors (Lipinski definition) is 3. The van der Waals surface area contributed by atoms with E-state index < -0.39 is 0 Å². The summed E-state index contributed by atoms with van der Waals surface area (Å²) in [6.07, 6.45) is 10.0. The topological polar surface area (TPSA) is 54.4 Å². The third kappa shape index (κ3) is 4.60. The van der Waals surface area contributed by atoms with E-state index in [1.165, 1.54) is 38.2 Å². The fourth-order valence-corrected chi connectivity index (χ4v) is 3.87. The van der Waals surface area contributed by atoms with Crippen molar-refractivity contribution in [3.05, 3.63) is 53.6 Å². The molecule has 0 bridgehead atoms. The fraction of sp³-hybridized carbons (Fsp3) is 0.391. The average Bonchev–Trinajstić information content (AvgIpc) is 2.69. The molecule has 0 aliphatic heterocycles. The number of benzene rings is 2. The molecular formula is C23H26O3. The molecule has 3 nitrogen and oxygen atoms in total. The predicted molar refractivity (Wildman–Crippen MR) is 104 cm³/mol. The second-order valence-corrected chi connectivity index (χ2v) is 7.29. The van der Waals surface area contributed by atoms with E-state index in [1.54, 1.807) is 12.1 Å². The van der Waals surface area contributed by atoms with Crippen LogP contribution in [0.5, 0.6) is 5.75 Å². The molecule has 2 aromatic carbocycles. The van der Waals surface area contributed by atoms with Gasteiger partial charge in [0.2, 0.25) is 0 Å². The van der Waals surface area contributed by atoms with E-state index in [1.807, 2.05) is 24.3 Å². The summed E-state index contributed by atoms with van der Waals surface area (Å²) in [4.78, 5) is 23.6. The van der Waals surface area contributed by atoms with E-state index in [0.717, 1.165) is 29.9 Å². The van der Waals surface area contributed by atoms with Crippen LogP contribution in [-0.2, 0) is 0 Å². The van der Waals surface area contributed by atoms with Crippen LogP contribution < -0.4 is 0 Å². The van der Waals surface area contributed by atoms with Crippen molar-refractivity contribution in [2.24, 2.45) is 5.92 Å². The molecule has 0 aromatic heterocycles. The van der Waals surface area contributed by atoms with Crippen molar-refractivity contribution in [3.8, 4) is 16.9 Å². The van der Waals surface area contributed by atoms with Gasteiger partial charge in [0, 0.05) is 12.0 Å². The summed E-state index contributed by atoms with van der Waals surface area (Å²) in [5.41, 5.74) is 2.67. The van der Waals surface area contributed by atoms with Gasteiger partial charge in [0.1, 0.15) is 5.75 Å². The molecule has 2 aromatic rings. The number of carbonyl (C=O) groups excluding carboxylic acids is 2. The highest BCUT2D eigenvalue weighted by Crippen LogP contribution is 2.29. The van der Waals surface area contributed by atoms with E-state index in [9.17, 15) is 14.7 Å². The quantitative estimate of drug-likeness (QED) is 0.507. The molecule has 0 unspecified atom stereocenters. The summed E-state index contributed by atoms with van der Waals surface area (Å²) >= 11 is 0. The number of phenols is 1. The van der Waals surface area contributed by atoms with Crippen molar-refractivity contribution in [1.82, 2.24) is 0 Å². The van der Waals surface area contributed by atoms with Crippen LogP contribution in [0.2, 0.25) is 0 Å². The lowest BCUT2D eigenvalue weighted by Gasteiger charge is -2.21. The minimum absolute atomic E-state index is 0.0290. The fourth-order valence-electron chi connectivity index (χ4n) is 3.87. The van der Waals surface area contributed by atoms with Gasteiger partial charge in [-0.1, -0.05) is 62.8 Å². The molecule has 0 saturated heterocycles. The molecule has 3 rings (SSSR count). The Morgan fingerprint density at radius 2 is 1.81 bits per heavy atom. The Bertz CT molecular complexity index is 773. The van der Waals surface area contributed by atoms with Gasteiger partial charge in [0.15, 0.2) is 12.1 Å². The highest BCUT2D eigenvalue weighted by Gasteiger charge is 2.14. The van der Waals surface area contributed by atoms with Crippen LogP contribution in [0.1, 0.15) is 72.1 Å². The molecule has 1 aliphatic carbocycles. The van der Waals surface area contributed by atoms with E-state index in [-0.39, 0.29) is 17.1 Å². The maximum Gasteiger partial charge on any atom is 0.162 e. The van der Waals surface area contributed by atoms with Crippen molar-refractivity contribution in [2.75, 3.05) is 0 Å². The molecule has 0 heterocycles. The summed E-state index contributed by atoms with van der Waals surface area (Å²) in [7, 11) is 0. The van der Waals surface area contributed by atoms with Gasteiger partial charge in [0.05, 0.1) is 5.56 Å². The van der Waals surface area contributed by atoms with Crippen molar-refractivity contribution in [3.63, 3.8) is 0 Å². The van der Waals surface area contributed by atoms with Crippen LogP contribution in [0, 0.1) is 5.92 Å².